The molecule has 2 aromatic rings. The number of nitrogens with zero attached hydrogens (tertiary/aromatic N) is 2. The number of Topliss-reactive ketones (excluding diaryl/α,β-unsaturated/α-hetero) is 1. The van der Waals surface area contributed by atoms with E-state index in [4.69, 9.17) is 15.6 Å². The van der Waals surface area contributed by atoms with Gasteiger partial charge in [-0.3, -0.25) is 9.80 Å². The van der Waals surface area contributed by atoms with Gasteiger partial charge in [0, 0.05) is 13.0 Å². The van der Waals surface area contributed by atoms with Gasteiger partial charge in [0.2, 0.25) is 0 Å². The first kappa shape index (κ1) is 18.6. The number of ether oxygens (including phenoxy) is 1. The van der Waals surface area contributed by atoms with Crippen LogP contribution in [0.4, 0.5) is 10.1 Å². The fourth-order valence-electron chi connectivity index (χ4n) is 4.45. The maximum atomic E-state index is 14.0. The van der Waals surface area contributed by atoms with Crippen LogP contribution in [0.3, 0.4) is 0 Å². The van der Waals surface area contributed by atoms with Crippen LogP contribution in [0.2, 0.25) is 0 Å². The Bertz CT molecular complexity index is 915. The lowest BCUT2D eigenvalue weighted by Crippen LogP contribution is -2.53. The molecule has 0 fully saturated rings. The van der Waals surface area contributed by atoms with Gasteiger partial charge in [0.1, 0.15) is 35.6 Å². The van der Waals surface area contributed by atoms with Crippen molar-refractivity contribution in [1.29, 1.82) is 0 Å². The molecule has 2 aliphatic heterocycles. The largest absolute Gasteiger partial charge is 0.489 e. The topological polar surface area (TPSA) is 67.9 Å². The average Bonchev–Trinajstić information content (AvgIpc) is 3.05. The predicted molar refractivity (Wildman–Crippen MR) is 107 cm³/mol. The van der Waals surface area contributed by atoms with Crippen LogP contribution in [0.1, 0.15) is 31.7 Å². The standard InChI is InChI=1S/C22H24FN3O2/c1-15(27)21-22(11-5-6-12-24,16-7-3-2-4-8-16)20-14-28-19-10-9-17(23)13-18(19)26(20)25-21/h2-4,7-10,13,20H,5-6,11-12,14,24H2,1H3/t20-,22+/m1/s1. The van der Waals surface area contributed by atoms with Crippen LogP contribution < -0.4 is 15.5 Å². The van der Waals surface area contributed by atoms with E-state index in [1.165, 1.54) is 12.1 Å². The van der Waals surface area contributed by atoms with Gasteiger partial charge in [0.05, 0.1) is 5.41 Å². The zero-order chi connectivity index (χ0) is 19.7. The molecule has 0 aromatic heterocycles. The molecule has 2 aromatic carbocycles. The minimum atomic E-state index is -0.619. The van der Waals surface area contributed by atoms with Gasteiger partial charge >= 0.3 is 0 Å². The highest BCUT2D eigenvalue weighted by molar-refractivity contribution is 6.43. The summed E-state index contributed by atoms with van der Waals surface area (Å²) in [5.41, 5.74) is 7.20. The highest BCUT2D eigenvalue weighted by Gasteiger charge is 2.55. The minimum absolute atomic E-state index is 0.0797. The molecule has 6 heteroatoms. The van der Waals surface area contributed by atoms with Crippen LogP contribution in [0.25, 0.3) is 0 Å². The van der Waals surface area contributed by atoms with Gasteiger partial charge in [0.25, 0.3) is 0 Å². The van der Waals surface area contributed by atoms with Crippen molar-refractivity contribution in [3.8, 4) is 5.75 Å². The Hall–Kier alpha value is -2.73. The Kier molecular flexibility index (Phi) is 4.89. The molecular formula is C22H24FN3O2. The molecule has 0 spiro atoms. The summed E-state index contributed by atoms with van der Waals surface area (Å²) in [4.78, 5) is 12.7. The van der Waals surface area contributed by atoms with Gasteiger partial charge < -0.3 is 10.5 Å². The quantitative estimate of drug-likeness (QED) is 0.779. The first-order valence-electron chi connectivity index (χ1n) is 9.65. The maximum Gasteiger partial charge on any atom is 0.176 e. The van der Waals surface area contributed by atoms with Crippen molar-refractivity contribution in [3.05, 3.63) is 59.9 Å². The second kappa shape index (κ2) is 7.36. The fraction of sp³-hybridized carbons (Fsp3) is 0.364. The number of fused-ring (bicyclic) bond motifs is 3. The molecule has 0 amide bonds. The monoisotopic (exact) mass is 381 g/mol. The third-order valence-corrected chi connectivity index (χ3v) is 5.71. The third kappa shape index (κ3) is 2.88. The normalized spacial score (nSPS) is 22.9. The summed E-state index contributed by atoms with van der Waals surface area (Å²) >= 11 is 0. The molecule has 146 valence electrons. The lowest BCUT2D eigenvalue weighted by atomic mass is 9.67. The van der Waals surface area contributed by atoms with Gasteiger partial charge in [0.15, 0.2) is 5.78 Å². The van der Waals surface area contributed by atoms with Crippen molar-refractivity contribution >= 4 is 17.2 Å². The molecule has 2 aliphatic rings. The number of ketones is 1. The number of hydrogen-bond acceptors (Lipinski definition) is 5. The SMILES string of the molecule is CC(=O)C1=NN2c3cc(F)ccc3OC[C@@H]2[C@]1(CCCCN)c1ccccc1. The van der Waals surface area contributed by atoms with Crippen LogP contribution in [0.15, 0.2) is 53.6 Å². The highest BCUT2D eigenvalue weighted by atomic mass is 19.1. The molecule has 2 N–H and O–H groups in total. The molecule has 28 heavy (non-hydrogen) atoms. The Labute approximate surface area is 164 Å². The van der Waals surface area contributed by atoms with Crippen LogP contribution in [-0.2, 0) is 10.2 Å². The molecule has 0 saturated carbocycles. The average molecular weight is 381 g/mol. The van der Waals surface area contributed by atoms with Gasteiger partial charge in [-0.15, -0.1) is 0 Å². The van der Waals surface area contributed by atoms with E-state index in [1.54, 1.807) is 18.0 Å². The van der Waals surface area contributed by atoms with Crippen LogP contribution >= 0.6 is 0 Å². The van der Waals surface area contributed by atoms with Crippen LogP contribution in [0.5, 0.6) is 5.75 Å². The molecule has 2 atom stereocenters. The van der Waals surface area contributed by atoms with Crippen molar-refractivity contribution in [3.63, 3.8) is 0 Å². The second-order valence-corrected chi connectivity index (χ2v) is 7.37. The van der Waals surface area contributed by atoms with Crippen molar-refractivity contribution in [1.82, 2.24) is 0 Å². The number of halogens is 1. The summed E-state index contributed by atoms with van der Waals surface area (Å²) in [5.74, 6) is 0.141. The molecule has 0 radical (unpaired) electrons. The Morgan fingerprint density at radius 2 is 2.07 bits per heavy atom. The van der Waals surface area contributed by atoms with E-state index in [0.717, 1.165) is 24.8 Å². The minimum Gasteiger partial charge on any atom is -0.489 e. The van der Waals surface area contributed by atoms with Crippen LogP contribution in [0, 0.1) is 5.82 Å². The van der Waals surface area contributed by atoms with Gasteiger partial charge in [-0.1, -0.05) is 36.8 Å². The Morgan fingerprint density at radius 1 is 1.29 bits per heavy atom. The maximum absolute atomic E-state index is 14.0. The van der Waals surface area contributed by atoms with Crippen molar-refractivity contribution in [2.75, 3.05) is 18.2 Å². The molecule has 2 heterocycles. The number of hydrazone groups is 1. The summed E-state index contributed by atoms with van der Waals surface area (Å²) in [7, 11) is 0. The third-order valence-electron chi connectivity index (χ3n) is 5.71. The number of benzene rings is 2. The second-order valence-electron chi connectivity index (χ2n) is 7.37. The number of unbranched alkanes of at least 4 members (excludes halogenated alkanes) is 1. The van der Waals surface area contributed by atoms with E-state index in [0.29, 0.717) is 30.3 Å². The van der Waals surface area contributed by atoms with E-state index >= 15 is 0 Å². The number of carbonyl (C=O) groups excluding carboxylic acids is 1. The number of carbonyl (C=O) groups is 1. The first-order valence-corrected chi connectivity index (χ1v) is 9.65. The molecule has 0 saturated heterocycles. The van der Waals surface area contributed by atoms with Gasteiger partial charge in [-0.25, -0.2) is 4.39 Å². The zero-order valence-electron chi connectivity index (χ0n) is 15.9. The Morgan fingerprint density at radius 3 is 2.79 bits per heavy atom. The van der Waals surface area contributed by atoms with E-state index in [9.17, 15) is 9.18 Å². The summed E-state index contributed by atoms with van der Waals surface area (Å²) in [6, 6.07) is 14.1. The summed E-state index contributed by atoms with van der Waals surface area (Å²) in [5, 5.41) is 6.51. The summed E-state index contributed by atoms with van der Waals surface area (Å²) in [6.45, 7) is 2.51. The van der Waals surface area contributed by atoms with Gasteiger partial charge in [-0.05, 0) is 37.1 Å². The first-order chi connectivity index (χ1) is 13.6. The van der Waals surface area contributed by atoms with E-state index in [2.05, 4.69) is 0 Å². The van der Waals surface area contributed by atoms with Crippen molar-refractivity contribution < 1.29 is 13.9 Å². The Balaban J connectivity index is 1.87. The molecule has 4 rings (SSSR count). The molecule has 5 nitrogen and oxygen atoms in total. The number of nitrogens with two attached hydrogens (primary N) is 1. The molecular weight excluding hydrogens is 357 g/mol. The number of anilines is 1. The number of hydrogen-bond donors (Lipinski definition) is 1. The lowest BCUT2D eigenvalue weighted by molar-refractivity contribution is -0.111. The van der Waals surface area contributed by atoms with E-state index in [-0.39, 0.29) is 17.6 Å². The smallest absolute Gasteiger partial charge is 0.176 e. The predicted octanol–water partition coefficient (Wildman–Crippen LogP) is 3.42. The van der Waals surface area contributed by atoms with Crippen molar-refractivity contribution in [2.24, 2.45) is 10.8 Å². The fourth-order valence-corrected chi connectivity index (χ4v) is 4.45. The van der Waals surface area contributed by atoms with E-state index < -0.39 is 5.41 Å². The summed E-state index contributed by atoms with van der Waals surface area (Å²) < 4.78 is 19.9. The summed E-state index contributed by atoms with van der Waals surface area (Å²) in [6.07, 6.45) is 2.44. The molecule has 0 aliphatic carbocycles. The lowest BCUT2D eigenvalue weighted by Gasteiger charge is -2.41. The van der Waals surface area contributed by atoms with E-state index in [1.807, 2.05) is 30.3 Å². The number of rotatable bonds is 6. The van der Waals surface area contributed by atoms with Crippen molar-refractivity contribution in [2.45, 2.75) is 37.6 Å². The highest BCUT2D eigenvalue weighted by Crippen LogP contribution is 2.48. The van der Waals surface area contributed by atoms with Gasteiger partial charge in [-0.2, -0.15) is 5.10 Å². The molecule has 0 bridgehead atoms. The zero-order valence-corrected chi connectivity index (χ0v) is 15.9. The molecule has 0 unspecified atom stereocenters. The van der Waals surface area contributed by atoms with Crippen LogP contribution in [-0.4, -0.2) is 30.7 Å².